The molecule has 0 fully saturated rings. The summed E-state index contributed by atoms with van der Waals surface area (Å²) in [6, 6.07) is 8.72. The fraction of sp³-hybridized carbons (Fsp3) is 0.333. The lowest BCUT2D eigenvalue weighted by Crippen LogP contribution is -2.38. The van der Waals surface area contributed by atoms with Crippen molar-refractivity contribution in [3.63, 3.8) is 0 Å². The fourth-order valence-electron chi connectivity index (χ4n) is 3.67. The molecular formula is C24H26ClN7O4. The van der Waals surface area contributed by atoms with E-state index in [0.717, 1.165) is 5.56 Å². The molecule has 0 atom stereocenters. The number of para-hydroxylation sites is 1. The van der Waals surface area contributed by atoms with E-state index < -0.39 is 16.6 Å². The van der Waals surface area contributed by atoms with Gasteiger partial charge in [-0.15, -0.1) is 0 Å². The lowest BCUT2D eigenvalue weighted by molar-refractivity contribution is -0.384. The zero-order chi connectivity index (χ0) is 26.2. The van der Waals surface area contributed by atoms with Crippen molar-refractivity contribution in [3.05, 3.63) is 75.3 Å². The van der Waals surface area contributed by atoms with Gasteiger partial charge >= 0.3 is 11.8 Å². The Kier molecular flexibility index (Phi) is 6.68. The van der Waals surface area contributed by atoms with Gasteiger partial charge in [0.1, 0.15) is 29.0 Å². The van der Waals surface area contributed by atoms with Crippen LogP contribution in [0.1, 0.15) is 51.7 Å². The first-order chi connectivity index (χ1) is 16.9. The molecular weight excluding hydrogens is 486 g/mol. The average Bonchev–Trinajstić information content (AvgIpc) is 3.43. The molecule has 12 heteroatoms. The molecule has 188 valence electrons. The van der Waals surface area contributed by atoms with Gasteiger partial charge in [0.15, 0.2) is 5.65 Å². The van der Waals surface area contributed by atoms with E-state index in [1.165, 1.54) is 22.0 Å². The van der Waals surface area contributed by atoms with E-state index in [1.807, 2.05) is 26.0 Å². The molecule has 0 spiro atoms. The first-order valence-electron chi connectivity index (χ1n) is 11.3. The van der Waals surface area contributed by atoms with Crippen molar-refractivity contribution >= 4 is 34.8 Å². The molecule has 0 bridgehead atoms. The molecule has 3 aromatic heterocycles. The van der Waals surface area contributed by atoms with E-state index in [4.69, 9.17) is 16.3 Å². The number of halogens is 1. The van der Waals surface area contributed by atoms with Crippen molar-refractivity contribution in [2.75, 3.05) is 4.90 Å². The van der Waals surface area contributed by atoms with Crippen LogP contribution in [0.3, 0.4) is 0 Å². The van der Waals surface area contributed by atoms with Gasteiger partial charge in [-0.05, 0) is 38.3 Å². The maximum atomic E-state index is 13.5. The predicted octanol–water partition coefficient (Wildman–Crippen LogP) is 5.54. The van der Waals surface area contributed by atoms with Crippen LogP contribution in [0.15, 0.2) is 48.9 Å². The van der Waals surface area contributed by atoms with Crippen molar-refractivity contribution in [3.8, 4) is 5.69 Å². The Morgan fingerprint density at radius 2 is 1.94 bits per heavy atom. The molecule has 0 N–H and O–H groups in total. The Labute approximate surface area is 212 Å². The van der Waals surface area contributed by atoms with Crippen LogP contribution in [0.25, 0.3) is 11.3 Å². The lowest BCUT2D eigenvalue weighted by atomic mass is 10.1. The summed E-state index contributed by atoms with van der Waals surface area (Å²) >= 11 is 6.39. The fourth-order valence-corrected chi connectivity index (χ4v) is 3.85. The van der Waals surface area contributed by atoms with Gasteiger partial charge in [0.25, 0.3) is 0 Å². The summed E-state index contributed by atoms with van der Waals surface area (Å²) in [5.41, 5.74) is 1.75. The summed E-state index contributed by atoms with van der Waals surface area (Å²) in [6.45, 7) is 9.42. The van der Waals surface area contributed by atoms with Crippen LogP contribution in [0.2, 0.25) is 5.15 Å². The van der Waals surface area contributed by atoms with E-state index in [1.54, 1.807) is 49.7 Å². The van der Waals surface area contributed by atoms with Gasteiger partial charge < -0.3 is 4.74 Å². The predicted molar refractivity (Wildman–Crippen MR) is 135 cm³/mol. The zero-order valence-corrected chi connectivity index (χ0v) is 21.3. The summed E-state index contributed by atoms with van der Waals surface area (Å²) in [5, 5.41) is 20.0. The van der Waals surface area contributed by atoms with E-state index in [-0.39, 0.29) is 23.3 Å². The Bertz CT molecular complexity index is 1440. The molecule has 36 heavy (non-hydrogen) atoms. The number of hydrogen-bond acceptors (Lipinski definition) is 7. The maximum absolute atomic E-state index is 13.5. The smallest absolute Gasteiger partial charge is 0.416 e. The number of rotatable bonds is 6. The summed E-state index contributed by atoms with van der Waals surface area (Å²) in [7, 11) is 0. The molecule has 0 unspecified atom stereocenters. The van der Waals surface area contributed by atoms with E-state index in [9.17, 15) is 14.9 Å². The third-order valence-electron chi connectivity index (χ3n) is 5.31. The molecule has 3 heterocycles. The number of hydrogen-bond donors (Lipinski definition) is 0. The second-order valence-electron chi connectivity index (χ2n) is 9.52. The van der Waals surface area contributed by atoms with Gasteiger partial charge in [-0.2, -0.15) is 14.7 Å². The summed E-state index contributed by atoms with van der Waals surface area (Å²) < 4.78 is 8.69. The molecule has 0 aliphatic rings. The largest absolute Gasteiger partial charge is 0.443 e. The molecule has 0 aliphatic heterocycles. The Hall–Kier alpha value is -3.99. The normalized spacial score (nSPS) is 11.8. The Morgan fingerprint density at radius 3 is 2.58 bits per heavy atom. The topological polar surface area (TPSA) is 121 Å². The molecule has 0 saturated heterocycles. The highest BCUT2D eigenvalue weighted by Crippen LogP contribution is 2.29. The number of carbonyl (C=O) groups excluding carboxylic acids is 1. The van der Waals surface area contributed by atoms with Gasteiger partial charge in [-0.25, -0.2) is 14.5 Å². The van der Waals surface area contributed by atoms with Gasteiger partial charge in [0.2, 0.25) is 0 Å². The molecule has 0 aliphatic carbocycles. The lowest BCUT2D eigenvalue weighted by Gasteiger charge is -2.28. The van der Waals surface area contributed by atoms with E-state index in [0.29, 0.717) is 22.7 Å². The third kappa shape index (κ3) is 5.15. The number of aromatic nitrogens is 5. The number of nitrogens with zero attached hydrogens (tertiary/aromatic N) is 7. The highest BCUT2D eigenvalue weighted by Gasteiger charge is 2.28. The van der Waals surface area contributed by atoms with Crippen LogP contribution >= 0.6 is 11.6 Å². The van der Waals surface area contributed by atoms with Crippen LogP contribution in [0, 0.1) is 10.1 Å². The molecule has 0 radical (unpaired) electrons. The highest BCUT2D eigenvalue weighted by molar-refractivity contribution is 6.29. The van der Waals surface area contributed by atoms with Crippen molar-refractivity contribution in [2.24, 2.45) is 0 Å². The van der Waals surface area contributed by atoms with Crippen LogP contribution in [0.5, 0.6) is 0 Å². The van der Waals surface area contributed by atoms with Gasteiger partial charge in [0, 0.05) is 11.6 Å². The number of anilines is 1. The first-order valence-corrected chi connectivity index (χ1v) is 11.6. The van der Waals surface area contributed by atoms with Crippen LogP contribution in [0.4, 0.5) is 16.3 Å². The Morgan fingerprint density at radius 1 is 1.22 bits per heavy atom. The molecule has 4 aromatic rings. The van der Waals surface area contributed by atoms with Crippen LogP contribution in [-0.2, 0) is 11.3 Å². The minimum atomic E-state index is -0.763. The summed E-state index contributed by atoms with van der Waals surface area (Å²) in [4.78, 5) is 30.0. The van der Waals surface area contributed by atoms with Crippen LogP contribution < -0.4 is 4.90 Å². The first kappa shape index (κ1) is 25.1. The van der Waals surface area contributed by atoms with Crippen molar-refractivity contribution in [1.82, 2.24) is 24.4 Å². The number of ether oxygens (including phenoxy) is 1. The maximum Gasteiger partial charge on any atom is 0.416 e. The number of amides is 1. The number of benzene rings is 1. The van der Waals surface area contributed by atoms with Crippen LogP contribution in [-0.4, -0.2) is 41.0 Å². The molecule has 1 aromatic carbocycles. The summed E-state index contributed by atoms with van der Waals surface area (Å²) in [5.74, 6) is 0.500. The van der Waals surface area contributed by atoms with Crippen molar-refractivity contribution in [2.45, 2.75) is 52.7 Å². The quantitative estimate of drug-likeness (QED) is 0.189. The van der Waals surface area contributed by atoms with Crippen molar-refractivity contribution < 1.29 is 14.5 Å². The zero-order valence-electron chi connectivity index (χ0n) is 20.5. The van der Waals surface area contributed by atoms with Gasteiger partial charge in [0.05, 0.1) is 23.4 Å². The summed E-state index contributed by atoms with van der Waals surface area (Å²) in [6.07, 6.45) is 3.58. The number of fused-ring (bicyclic) bond motifs is 1. The SMILES string of the molecule is CC(C)c1cnn2c(N(Cc3ccccc3-n3cc([N+](=O)[O-])cn3)C(=O)OC(C)(C)C)cc(Cl)nc12. The monoisotopic (exact) mass is 511 g/mol. The standard InChI is InChI=1S/C24H26ClN7O4/c1-15(2)18-12-27-31-21(10-20(25)28-22(18)31)29(23(33)36-24(3,4)5)13-16-8-6-7-9-19(16)30-14-17(11-26-30)32(34)35/h6-12,14-15H,13H2,1-5H3. The van der Waals surface area contributed by atoms with E-state index >= 15 is 0 Å². The number of carbonyl (C=O) groups is 1. The Balaban J connectivity index is 1.85. The minimum Gasteiger partial charge on any atom is -0.443 e. The van der Waals surface area contributed by atoms with Gasteiger partial charge in [-0.1, -0.05) is 43.6 Å². The van der Waals surface area contributed by atoms with Crippen molar-refractivity contribution in [1.29, 1.82) is 0 Å². The van der Waals surface area contributed by atoms with Gasteiger partial charge in [-0.3, -0.25) is 15.0 Å². The van der Waals surface area contributed by atoms with E-state index in [2.05, 4.69) is 15.2 Å². The average molecular weight is 512 g/mol. The molecule has 4 rings (SSSR count). The second kappa shape index (κ2) is 9.57. The molecule has 0 saturated carbocycles. The second-order valence-corrected chi connectivity index (χ2v) is 9.91. The molecule has 11 nitrogen and oxygen atoms in total. The third-order valence-corrected chi connectivity index (χ3v) is 5.50. The number of nitro groups is 1. The highest BCUT2D eigenvalue weighted by atomic mass is 35.5. The molecule has 1 amide bonds. The minimum absolute atomic E-state index is 0.0467.